The molecule has 0 radical (unpaired) electrons. The largest absolute Gasteiger partial charge is 0.441 e. The predicted molar refractivity (Wildman–Crippen MR) is 89.3 cm³/mol. The van der Waals surface area contributed by atoms with Gasteiger partial charge in [0.05, 0.1) is 29.9 Å². The van der Waals surface area contributed by atoms with Gasteiger partial charge in [0, 0.05) is 19.2 Å². The standard InChI is InChI=1S/C15H17N3O5S/c1-22-8-10-7-18(15(20)23-10)9-2-3-11-13(6-9)24-14(17-11)12(19)4-5-16-21/h2-3,6,10,12,19H,4-5,7-8H2,1H3. The molecule has 1 aromatic heterocycles. The van der Waals surface area contributed by atoms with Crippen LogP contribution in [0.1, 0.15) is 17.5 Å². The number of aliphatic hydroxyl groups excluding tert-OH is 1. The summed E-state index contributed by atoms with van der Waals surface area (Å²) in [5.74, 6) is 0. The zero-order valence-electron chi connectivity index (χ0n) is 13.0. The first kappa shape index (κ1) is 16.7. The third-order valence-corrected chi connectivity index (χ3v) is 4.83. The number of hydrogen-bond acceptors (Lipinski definition) is 8. The number of aromatic nitrogens is 1. The van der Waals surface area contributed by atoms with E-state index in [-0.39, 0.29) is 19.1 Å². The topological polar surface area (TPSA) is 101 Å². The molecule has 0 spiro atoms. The molecular formula is C15H17N3O5S. The van der Waals surface area contributed by atoms with Gasteiger partial charge in [-0.1, -0.05) is 5.18 Å². The van der Waals surface area contributed by atoms with Crippen molar-refractivity contribution >= 4 is 33.3 Å². The van der Waals surface area contributed by atoms with Gasteiger partial charge in [-0.15, -0.1) is 11.3 Å². The monoisotopic (exact) mass is 351 g/mol. The number of fused-ring (bicyclic) bond motifs is 1. The molecule has 9 heteroatoms. The van der Waals surface area contributed by atoms with Crippen LogP contribution < -0.4 is 4.90 Å². The van der Waals surface area contributed by atoms with Crippen molar-refractivity contribution in [3.05, 3.63) is 28.1 Å². The molecule has 1 amide bonds. The van der Waals surface area contributed by atoms with Gasteiger partial charge in [0.15, 0.2) is 0 Å². The molecule has 1 fully saturated rings. The number of benzene rings is 1. The zero-order valence-corrected chi connectivity index (χ0v) is 13.9. The number of anilines is 1. The Kier molecular flexibility index (Phi) is 5.03. The number of methoxy groups -OCH3 is 1. The SMILES string of the molecule is COCC1CN(c2ccc3nc(C(O)CCN=O)sc3c2)C(=O)O1. The first-order chi connectivity index (χ1) is 11.6. The second kappa shape index (κ2) is 7.20. The van der Waals surface area contributed by atoms with Crippen molar-refractivity contribution in [1.29, 1.82) is 0 Å². The molecule has 1 aliphatic heterocycles. The van der Waals surface area contributed by atoms with Crippen LogP contribution in [0.3, 0.4) is 0 Å². The number of nitrogens with zero attached hydrogens (tertiary/aromatic N) is 3. The van der Waals surface area contributed by atoms with Gasteiger partial charge >= 0.3 is 6.09 Å². The molecule has 1 aliphatic rings. The van der Waals surface area contributed by atoms with Crippen LogP contribution >= 0.6 is 11.3 Å². The molecule has 1 saturated heterocycles. The average Bonchev–Trinajstić information content (AvgIpc) is 3.15. The van der Waals surface area contributed by atoms with Crippen molar-refractivity contribution in [2.45, 2.75) is 18.6 Å². The van der Waals surface area contributed by atoms with Crippen molar-refractivity contribution in [1.82, 2.24) is 4.98 Å². The van der Waals surface area contributed by atoms with Crippen LogP contribution in [0.15, 0.2) is 23.4 Å². The zero-order chi connectivity index (χ0) is 17.1. The number of cyclic esters (lactones) is 1. The quantitative estimate of drug-likeness (QED) is 0.769. The minimum Gasteiger partial charge on any atom is -0.441 e. The van der Waals surface area contributed by atoms with Crippen molar-refractivity contribution in [2.75, 3.05) is 31.7 Å². The third kappa shape index (κ3) is 3.37. The van der Waals surface area contributed by atoms with Crippen molar-refractivity contribution in [3.8, 4) is 0 Å². The number of aliphatic hydroxyl groups is 1. The summed E-state index contributed by atoms with van der Waals surface area (Å²) in [6.07, 6.45) is -1.26. The van der Waals surface area contributed by atoms with E-state index in [4.69, 9.17) is 9.47 Å². The fraction of sp³-hybridized carbons (Fsp3) is 0.467. The highest BCUT2D eigenvalue weighted by atomic mass is 32.1. The lowest BCUT2D eigenvalue weighted by atomic mass is 10.2. The maximum absolute atomic E-state index is 12.0. The summed E-state index contributed by atoms with van der Waals surface area (Å²) in [5.41, 5.74) is 1.45. The second-order valence-corrected chi connectivity index (χ2v) is 6.50. The van der Waals surface area contributed by atoms with Gasteiger partial charge in [-0.2, -0.15) is 4.91 Å². The molecule has 2 atom stereocenters. The summed E-state index contributed by atoms with van der Waals surface area (Å²) >= 11 is 1.33. The number of carbonyl (C=O) groups excluding carboxylic acids is 1. The van der Waals surface area contributed by atoms with E-state index in [1.165, 1.54) is 11.3 Å². The summed E-state index contributed by atoms with van der Waals surface area (Å²) in [7, 11) is 1.56. The van der Waals surface area contributed by atoms with Gasteiger partial charge in [0.25, 0.3) is 0 Å². The lowest BCUT2D eigenvalue weighted by Gasteiger charge is -2.12. The fourth-order valence-electron chi connectivity index (χ4n) is 2.55. The number of thiazole rings is 1. The van der Waals surface area contributed by atoms with Gasteiger partial charge in [-0.05, 0) is 18.2 Å². The van der Waals surface area contributed by atoms with Crippen LogP contribution in [0.25, 0.3) is 10.2 Å². The molecule has 0 bridgehead atoms. The highest BCUT2D eigenvalue weighted by Crippen LogP contribution is 2.32. The van der Waals surface area contributed by atoms with Crippen LogP contribution in [-0.4, -0.2) is 49.1 Å². The Balaban J connectivity index is 1.81. The van der Waals surface area contributed by atoms with E-state index < -0.39 is 12.2 Å². The summed E-state index contributed by atoms with van der Waals surface area (Å²) in [4.78, 5) is 28.1. The lowest BCUT2D eigenvalue weighted by molar-refractivity contribution is 0.0718. The first-order valence-electron chi connectivity index (χ1n) is 7.47. The van der Waals surface area contributed by atoms with Crippen LogP contribution in [0, 0.1) is 4.91 Å². The van der Waals surface area contributed by atoms with Crippen LogP contribution in [0.2, 0.25) is 0 Å². The fourth-order valence-corrected chi connectivity index (χ4v) is 3.57. The van der Waals surface area contributed by atoms with Gasteiger partial charge in [0.2, 0.25) is 0 Å². The van der Waals surface area contributed by atoms with E-state index in [0.29, 0.717) is 23.8 Å². The highest BCUT2D eigenvalue weighted by molar-refractivity contribution is 7.18. The Morgan fingerprint density at radius 1 is 1.58 bits per heavy atom. The van der Waals surface area contributed by atoms with Crippen molar-refractivity contribution in [3.63, 3.8) is 0 Å². The molecule has 128 valence electrons. The summed E-state index contributed by atoms with van der Waals surface area (Å²) in [6.45, 7) is 0.826. The summed E-state index contributed by atoms with van der Waals surface area (Å²) in [6, 6.07) is 5.44. The van der Waals surface area contributed by atoms with Crippen LogP contribution in [0.4, 0.5) is 10.5 Å². The Bertz CT molecular complexity index is 750. The number of amides is 1. The molecular weight excluding hydrogens is 334 g/mol. The van der Waals surface area contributed by atoms with Crippen LogP contribution in [0.5, 0.6) is 0 Å². The number of ether oxygens (including phenoxy) is 2. The smallest absolute Gasteiger partial charge is 0.414 e. The Labute approximate surface area is 142 Å². The molecule has 0 saturated carbocycles. The average molecular weight is 351 g/mol. The molecule has 2 heterocycles. The number of rotatable bonds is 7. The molecule has 2 unspecified atom stereocenters. The third-order valence-electron chi connectivity index (χ3n) is 3.71. The highest BCUT2D eigenvalue weighted by Gasteiger charge is 2.32. The van der Waals surface area contributed by atoms with E-state index in [9.17, 15) is 14.8 Å². The Morgan fingerprint density at radius 3 is 3.17 bits per heavy atom. The summed E-state index contributed by atoms with van der Waals surface area (Å²) in [5, 5.41) is 13.3. The molecule has 0 aliphatic carbocycles. The van der Waals surface area contributed by atoms with Gasteiger partial charge in [-0.3, -0.25) is 4.90 Å². The van der Waals surface area contributed by atoms with Gasteiger partial charge in [0.1, 0.15) is 17.2 Å². The van der Waals surface area contributed by atoms with Crippen LogP contribution in [-0.2, 0) is 9.47 Å². The molecule has 8 nitrogen and oxygen atoms in total. The Morgan fingerprint density at radius 2 is 2.42 bits per heavy atom. The Hall–Kier alpha value is -2.10. The van der Waals surface area contributed by atoms with E-state index >= 15 is 0 Å². The van der Waals surface area contributed by atoms with Crippen molar-refractivity contribution < 1.29 is 19.4 Å². The number of carbonyl (C=O) groups is 1. The predicted octanol–water partition coefficient (Wildman–Crippen LogP) is 2.46. The maximum atomic E-state index is 12.0. The minimum absolute atomic E-state index is 0.0445. The second-order valence-electron chi connectivity index (χ2n) is 5.43. The molecule has 24 heavy (non-hydrogen) atoms. The summed E-state index contributed by atoms with van der Waals surface area (Å²) < 4.78 is 11.1. The van der Waals surface area contributed by atoms with Crippen molar-refractivity contribution in [2.24, 2.45) is 5.18 Å². The van der Waals surface area contributed by atoms with Gasteiger partial charge in [-0.25, -0.2) is 9.78 Å². The molecule has 3 rings (SSSR count). The molecule has 1 N–H and O–H groups in total. The first-order valence-corrected chi connectivity index (χ1v) is 8.28. The van der Waals surface area contributed by atoms with E-state index in [1.807, 2.05) is 6.07 Å². The number of hydrogen-bond donors (Lipinski definition) is 1. The molecule has 1 aromatic carbocycles. The lowest BCUT2D eigenvalue weighted by Crippen LogP contribution is -2.25. The molecule has 2 aromatic rings. The van der Waals surface area contributed by atoms with E-state index in [0.717, 1.165) is 10.2 Å². The van der Waals surface area contributed by atoms with Gasteiger partial charge < -0.3 is 14.6 Å². The minimum atomic E-state index is -0.814. The normalized spacial score (nSPS) is 18.8. The number of nitroso groups, excluding NO2 is 1. The van der Waals surface area contributed by atoms with E-state index in [2.05, 4.69) is 10.2 Å². The maximum Gasteiger partial charge on any atom is 0.414 e. The van der Waals surface area contributed by atoms with E-state index in [1.54, 1.807) is 24.1 Å².